The van der Waals surface area contributed by atoms with Gasteiger partial charge in [-0.15, -0.1) is 0 Å². The van der Waals surface area contributed by atoms with Crippen LogP contribution in [-0.4, -0.2) is 34.6 Å². The Labute approximate surface area is 121 Å². The van der Waals surface area contributed by atoms with Crippen molar-refractivity contribution >= 4 is 34.1 Å². The number of benzene rings is 1. The summed E-state index contributed by atoms with van der Waals surface area (Å²) in [7, 11) is 3.93. The van der Waals surface area contributed by atoms with E-state index in [1.165, 1.54) is 6.33 Å². The molecule has 2 aromatic rings. The van der Waals surface area contributed by atoms with Crippen molar-refractivity contribution in [3.63, 3.8) is 0 Å². The molecule has 0 spiro atoms. The summed E-state index contributed by atoms with van der Waals surface area (Å²) in [5.41, 5.74) is 0.291. The minimum atomic E-state index is -0.161. The summed E-state index contributed by atoms with van der Waals surface area (Å²) >= 11 is 12.1. The van der Waals surface area contributed by atoms with E-state index in [0.717, 1.165) is 0 Å². The Morgan fingerprint density at radius 1 is 1.32 bits per heavy atom. The Morgan fingerprint density at radius 2 is 1.95 bits per heavy atom. The lowest BCUT2D eigenvalue weighted by Gasteiger charge is -2.20. The van der Waals surface area contributed by atoms with Crippen molar-refractivity contribution in [2.24, 2.45) is 0 Å². The van der Waals surface area contributed by atoms with Crippen molar-refractivity contribution in [3.05, 3.63) is 38.9 Å². The minimum absolute atomic E-state index is 0.161. The van der Waals surface area contributed by atoms with Gasteiger partial charge in [-0.25, -0.2) is 4.98 Å². The van der Waals surface area contributed by atoms with Gasteiger partial charge >= 0.3 is 0 Å². The molecule has 1 atom stereocenters. The van der Waals surface area contributed by atoms with E-state index in [2.05, 4.69) is 4.98 Å². The Hall–Kier alpha value is -1.10. The Morgan fingerprint density at radius 3 is 2.58 bits per heavy atom. The molecule has 6 heteroatoms. The molecule has 0 aliphatic carbocycles. The average molecular weight is 300 g/mol. The first kappa shape index (κ1) is 14.3. The maximum absolute atomic E-state index is 12.4. The summed E-state index contributed by atoms with van der Waals surface area (Å²) in [6.45, 7) is 2.59. The standard InChI is InChI=1S/C13H15Cl2N3O/c1-8(17(2)3)6-18-7-16-12-10(15)5-4-9(14)11(12)13(18)19/h4-5,7-8H,6H2,1-3H3/t8-/m0/s1. The van der Waals surface area contributed by atoms with Crippen LogP contribution in [0, 0.1) is 0 Å². The van der Waals surface area contributed by atoms with Gasteiger partial charge in [0.1, 0.15) is 0 Å². The number of halogens is 2. The molecule has 0 saturated heterocycles. The molecule has 0 amide bonds. The van der Waals surface area contributed by atoms with Crippen LogP contribution in [0.3, 0.4) is 0 Å². The van der Waals surface area contributed by atoms with Crippen LogP contribution in [0.1, 0.15) is 6.92 Å². The molecule has 1 aromatic heterocycles. The van der Waals surface area contributed by atoms with Crippen molar-refractivity contribution in [2.45, 2.75) is 19.5 Å². The number of likely N-dealkylation sites (N-methyl/N-ethyl adjacent to an activating group) is 1. The van der Waals surface area contributed by atoms with Crippen LogP contribution in [0.4, 0.5) is 0 Å². The molecule has 0 unspecified atom stereocenters. The van der Waals surface area contributed by atoms with Gasteiger partial charge in [0, 0.05) is 12.6 Å². The monoisotopic (exact) mass is 299 g/mol. The van der Waals surface area contributed by atoms with Gasteiger partial charge < -0.3 is 4.90 Å². The molecule has 0 bridgehead atoms. The molecule has 2 rings (SSSR count). The minimum Gasteiger partial charge on any atom is -0.305 e. The summed E-state index contributed by atoms with van der Waals surface area (Å²) in [5.74, 6) is 0. The molecule has 0 saturated carbocycles. The largest absolute Gasteiger partial charge is 0.305 e. The second-order valence-electron chi connectivity index (χ2n) is 4.77. The SMILES string of the molecule is C[C@@H](Cn1cnc2c(Cl)ccc(Cl)c2c1=O)N(C)C. The van der Waals surface area contributed by atoms with Gasteiger partial charge in [-0.1, -0.05) is 23.2 Å². The third kappa shape index (κ3) is 2.76. The zero-order chi connectivity index (χ0) is 14.2. The summed E-state index contributed by atoms with van der Waals surface area (Å²) in [4.78, 5) is 18.7. The predicted molar refractivity (Wildman–Crippen MR) is 79.2 cm³/mol. The molecule has 0 aliphatic heterocycles. The maximum Gasteiger partial charge on any atom is 0.262 e. The Balaban J connectivity index is 2.58. The zero-order valence-corrected chi connectivity index (χ0v) is 12.5. The van der Waals surface area contributed by atoms with Crippen LogP contribution < -0.4 is 5.56 Å². The van der Waals surface area contributed by atoms with E-state index >= 15 is 0 Å². The van der Waals surface area contributed by atoms with Crippen LogP contribution in [0.15, 0.2) is 23.3 Å². The van der Waals surface area contributed by atoms with Crippen LogP contribution in [0.5, 0.6) is 0 Å². The number of hydrogen-bond acceptors (Lipinski definition) is 3. The highest BCUT2D eigenvalue weighted by atomic mass is 35.5. The molecule has 0 radical (unpaired) electrons. The van der Waals surface area contributed by atoms with Gasteiger partial charge in [-0.3, -0.25) is 9.36 Å². The quantitative estimate of drug-likeness (QED) is 0.874. The first-order valence-electron chi connectivity index (χ1n) is 5.91. The first-order valence-corrected chi connectivity index (χ1v) is 6.67. The highest BCUT2D eigenvalue weighted by Gasteiger charge is 2.13. The lowest BCUT2D eigenvalue weighted by atomic mass is 10.2. The number of rotatable bonds is 3. The molecular weight excluding hydrogens is 285 g/mol. The molecule has 102 valence electrons. The fourth-order valence-electron chi connectivity index (χ4n) is 1.77. The van der Waals surface area contributed by atoms with E-state index in [9.17, 15) is 4.79 Å². The third-order valence-electron chi connectivity index (χ3n) is 3.22. The first-order chi connectivity index (χ1) is 8.91. The van der Waals surface area contributed by atoms with Crippen molar-refractivity contribution in [1.29, 1.82) is 0 Å². The van der Waals surface area contributed by atoms with Crippen LogP contribution in [0.2, 0.25) is 10.0 Å². The van der Waals surface area contributed by atoms with Gasteiger partial charge in [-0.2, -0.15) is 0 Å². The van der Waals surface area contributed by atoms with Gasteiger partial charge in [0.2, 0.25) is 0 Å². The maximum atomic E-state index is 12.4. The van der Waals surface area contributed by atoms with Crippen molar-refractivity contribution in [2.75, 3.05) is 14.1 Å². The van der Waals surface area contributed by atoms with Crippen molar-refractivity contribution in [1.82, 2.24) is 14.5 Å². The normalized spacial score (nSPS) is 13.2. The average Bonchev–Trinajstić information content (AvgIpc) is 2.36. The highest BCUT2D eigenvalue weighted by Crippen LogP contribution is 2.25. The van der Waals surface area contributed by atoms with Gasteiger partial charge in [-0.05, 0) is 33.2 Å². The van der Waals surface area contributed by atoms with Gasteiger partial charge in [0.05, 0.1) is 27.3 Å². The highest BCUT2D eigenvalue weighted by molar-refractivity contribution is 6.39. The molecule has 19 heavy (non-hydrogen) atoms. The second kappa shape index (κ2) is 5.49. The van der Waals surface area contributed by atoms with E-state index < -0.39 is 0 Å². The Bertz CT molecular complexity index is 667. The molecule has 1 heterocycles. The number of hydrogen-bond donors (Lipinski definition) is 0. The third-order valence-corrected chi connectivity index (χ3v) is 3.84. The summed E-state index contributed by atoms with van der Waals surface area (Å²) in [5, 5.41) is 1.19. The smallest absolute Gasteiger partial charge is 0.262 e. The van der Waals surface area contributed by atoms with Gasteiger partial charge in [0.25, 0.3) is 5.56 Å². The number of aromatic nitrogens is 2. The number of fused-ring (bicyclic) bond motifs is 1. The summed E-state index contributed by atoms with van der Waals surface area (Å²) in [6, 6.07) is 3.48. The molecule has 4 nitrogen and oxygen atoms in total. The van der Waals surface area contributed by atoms with Crippen LogP contribution >= 0.6 is 23.2 Å². The second-order valence-corrected chi connectivity index (χ2v) is 5.58. The van der Waals surface area contributed by atoms with Crippen molar-refractivity contribution < 1.29 is 0 Å². The summed E-state index contributed by atoms with van der Waals surface area (Å²) in [6.07, 6.45) is 1.52. The van der Waals surface area contributed by atoms with Crippen LogP contribution in [-0.2, 0) is 6.54 Å². The summed E-state index contributed by atoms with van der Waals surface area (Å²) < 4.78 is 1.56. The fourth-order valence-corrected chi connectivity index (χ4v) is 2.21. The fraction of sp³-hybridized carbons (Fsp3) is 0.385. The number of nitrogens with zero attached hydrogens (tertiary/aromatic N) is 3. The van der Waals surface area contributed by atoms with E-state index in [-0.39, 0.29) is 11.6 Å². The molecule has 0 fully saturated rings. The molecule has 0 N–H and O–H groups in total. The molecular formula is C13H15Cl2N3O. The van der Waals surface area contributed by atoms with Crippen LogP contribution in [0.25, 0.3) is 10.9 Å². The van der Waals surface area contributed by atoms with Crippen molar-refractivity contribution in [3.8, 4) is 0 Å². The lowest BCUT2D eigenvalue weighted by Crippen LogP contribution is -2.33. The van der Waals surface area contributed by atoms with E-state index in [0.29, 0.717) is 27.5 Å². The van der Waals surface area contributed by atoms with E-state index in [1.807, 2.05) is 25.9 Å². The van der Waals surface area contributed by atoms with Gasteiger partial charge in [0.15, 0.2) is 0 Å². The lowest BCUT2D eigenvalue weighted by molar-refractivity contribution is 0.281. The topological polar surface area (TPSA) is 38.1 Å². The zero-order valence-electron chi connectivity index (χ0n) is 11.0. The van der Waals surface area contributed by atoms with E-state index in [4.69, 9.17) is 23.2 Å². The Kier molecular flexibility index (Phi) is 4.13. The molecule has 1 aromatic carbocycles. The molecule has 0 aliphatic rings. The predicted octanol–water partition coefficient (Wildman–Crippen LogP) is 2.65. The van der Waals surface area contributed by atoms with E-state index in [1.54, 1.807) is 16.7 Å².